The fraction of sp³-hybridized carbons (Fsp3) is 0.294. The molecular weight excluding hydrogens is 303 g/mol. The molecule has 21 heavy (non-hydrogen) atoms. The second kappa shape index (κ2) is 7.17. The van der Waals surface area contributed by atoms with E-state index in [-0.39, 0.29) is 6.04 Å². The summed E-state index contributed by atoms with van der Waals surface area (Å²) in [5.41, 5.74) is 9.07. The number of nitrogens with zero attached hydrogens (tertiary/aromatic N) is 1. The summed E-state index contributed by atoms with van der Waals surface area (Å²) in [6, 6.07) is 14.0. The molecule has 2 aromatic rings. The number of anilines is 1. The summed E-state index contributed by atoms with van der Waals surface area (Å²) in [6.45, 7) is 2.74. The third-order valence-corrected chi connectivity index (χ3v) is 4.29. The summed E-state index contributed by atoms with van der Waals surface area (Å²) < 4.78 is 0. The molecule has 1 atom stereocenters. The molecule has 0 aliphatic carbocycles. The topological polar surface area (TPSA) is 29.3 Å². The molecule has 0 fully saturated rings. The molecule has 0 amide bonds. The lowest BCUT2D eigenvalue weighted by Gasteiger charge is -2.30. The van der Waals surface area contributed by atoms with Gasteiger partial charge in [0, 0.05) is 12.1 Å². The minimum atomic E-state index is 0.167. The molecule has 0 aliphatic rings. The Hall–Kier alpha value is -1.22. The second-order valence-corrected chi connectivity index (χ2v) is 5.97. The first-order valence-electron chi connectivity index (χ1n) is 7.00. The Labute approximate surface area is 136 Å². The van der Waals surface area contributed by atoms with Crippen LogP contribution < -0.4 is 10.6 Å². The summed E-state index contributed by atoms with van der Waals surface area (Å²) in [6.07, 6.45) is 0.808. The van der Waals surface area contributed by atoms with Crippen molar-refractivity contribution in [3.05, 3.63) is 63.6 Å². The molecule has 0 saturated carbocycles. The van der Waals surface area contributed by atoms with Crippen LogP contribution in [-0.2, 0) is 6.42 Å². The standard InChI is InChI=1S/C17H20Cl2N2/c1-12(14-6-3-7-15(18)11-14)21(2)17-13(9-10-20)5-4-8-16(17)19/h3-8,11-12H,9-10,20H2,1-2H3. The van der Waals surface area contributed by atoms with E-state index in [1.807, 2.05) is 37.4 Å². The van der Waals surface area contributed by atoms with Crippen molar-refractivity contribution in [3.8, 4) is 0 Å². The number of nitrogens with two attached hydrogens (primary N) is 1. The van der Waals surface area contributed by atoms with Crippen molar-refractivity contribution in [3.63, 3.8) is 0 Å². The van der Waals surface area contributed by atoms with Crippen molar-refractivity contribution in [2.75, 3.05) is 18.5 Å². The Morgan fingerprint density at radius 1 is 1.14 bits per heavy atom. The summed E-state index contributed by atoms with van der Waals surface area (Å²) in [4.78, 5) is 2.18. The molecule has 2 aromatic carbocycles. The van der Waals surface area contributed by atoms with Crippen LogP contribution in [0, 0.1) is 0 Å². The van der Waals surface area contributed by atoms with Gasteiger partial charge in [-0.15, -0.1) is 0 Å². The Morgan fingerprint density at radius 3 is 2.52 bits per heavy atom. The van der Waals surface area contributed by atoms with E-state index in [2.05, 4.69) is 24.0 Å². The van der Waals surface area contributed by atoms with Gasteiger partial charge >= 0.3 is 0 Å². The van der Waals surface area contributed by atoms with Crippen molar-refractivity contribution in [1.29, 1.82) is 0 Å². The molecule has 2 rings (SSSR count). The fourth-order valence-electron chi connectivity index (χ4n) is 2.50. The SMILES string of the molecule is CC(c1cccc(Cl)c1)N(C)c1c(Cl)cccc1CCN. The van der Waals surface area contributed by atoms with Crippen molar-refractivity contribution in [2.24, 2.45) is 5.73 Å². The maximum atomic E-state index is 6.41. The monoisotopic (exact) mass is 322 g/mol. The molecule has 0 aromatic heterocycles. The lowest BCUT2D eigenvalue weighted by Crippen LogP contribution is -2.23. The minimum Gasteiger partial charge on any atom is -0.366 e. The molecule has 112 valence electrons. The summed E-state index contributed by atoms with van der Waals surface area (Å²) >= 11 is 12.5. The predicted molar refractivity (Wildman–Crippen MR) is 92.5 cm³/mol. The first-order valence-corrected chi connectivity index (χ1v) is 7.76. The number of para-hydroxylation sites is 1. The molecule has 0 radical (unpaired) electrons. The van der Waals surface area contributed by atoms with Crippen molar-refractivity contribution in [1.82, 2.24) is 0 Å². The van der Waals surface area contributed by atoms with Crippen molar-refractivity contribution >= 4 is 28.9 Å². The van der Waals surface area contributed by atoms with E-state index in [4.69, 9.17) is 28.9 Å². The third-order valence-electron chi connectivity index (χ3n) is 3.75. The van der Waals surface area contributed by atoms with Crippen LogP contribution in [0.5, 0.6) is 0 Å². The highest BCUT2D eigenvalue weighted by molar-refractivity contribution is 6.33. The Bertz CT molecular complexity index is 613. The van der Waals surface area contributed by atoms with Crippen LogP contribution in [0.3, 0.4) is 0 Å². The van der Waals surface area contributed by atoms with Gasteiger partial charge < -0.3 is 10.6 Å². The van der Waals surface area contributed by atoms with Gasteiger partial charge in [0.2, 0.25) is 0 Å². The Morgan fingerprint density at radius 2 is 1.86 bits per heavy atom. The van der Waals surface area contributed by atoms with Gasteiger partial charge in [-0.2, -0.15) is 0 Å². The summed E-state index contributed by atoms with van der Waals surface area (Å²) in [5, 5.41) is 1.49. The molecule has 0 aliphatic heterocycles. The first kappa shape index (κ1) is 16.2. The normalized spacial score (nSPS) is 12.2. The van der Waals surface area contributed by atoms with E-state index < -0.39 is 0 Å². The number of benzene rings is 2. The highest BCUT2D eigenvalue weighted by Crippen LogP contribution is 2.35. The molecule has 0 saturated heterocycles. The maximum Gasteiger partial charge on any atom is 0.0642 e. The fourth-order valence-corrected chi connectivity index (χ4v) is 3.02. The number of rotatable bonds is 5. The van der Waals surface area contributed by atoms with Crippen LogP contribution >= 0.6 is 23.2 Å². The third kappa shape index (κ3) is 3.70. The van der Waals surface area contributed by atoms with Crippen LogP contribution in [0.25, 0.3) is 0 Å². The van der Waals surface area contributed by atoms with Crippen molar-refractivity contribution in [2.45, 2.75) is 19.4 Å². The van der Waals surface area contributed by atoms with E-state index in [1.165, 1.54) is 5.56 Å². The zero-order valence-electron chi connectivity index (χ0n) is 12.3. The Balaban J connectivity index is 2.37. The lowest BCUT2D eigenvalue weighted by atomic mass is 10.0. The van der Waals surface area contributed by atoms with Gasteiger partial charge in [0.25, 0.3) is 0 Å². The molecule has 0 heterocycles. The van der Waals surface area contributed by atoms with E-state index in [1.54, 1.807) is 0 Å². The largest absolute Gasteiger partial charge is 0.366 e. The van der Waals surface area contributed by atoms with Gasteiger partial charge in [0.1, 0.15) is 0 Å². The number of hydrogen-bond donors (Lipinski definition) is 1. The van der Waals surface area contributed by atoms with E-state index in [0.717, 1.165) is 27.7 Å². The molecule has 1 unspecified atom stereocenters. The van der Waals surface area contributed by atoms with Crippen molar-refractivity contribution < 1.29 is 0 Å². The Kier molecular flexibility index (Phi) is 5.51. The molecule has 0 bridgehead atoms. The lowest BCUT2D eigenvalue weighted by molar-refractivity contribution is 0.734. The van der Waals surface area contributed by atoms with Crippen LogP contribution in [-0.4, -0.2) is 13.6 Å². The highest BCUT2D eigenvalue weighted by Gasteiger charge is 2.18. The molecule has 0 spiro atoms. The quantitative estimate of drug-likeness (QED) is 0.865. The molecular formula is C17H20Cl2N2. The number of hydrogen-bond acceptors (Lipinski definition) is 2. The summed E-state index contributed by atoms with van der Waals surface area (Å²) in [7, 11) is 2.05. The highest BCUT2D eigenvalue weighted by atomic mass is 35.5. The average Bonchev–Trinajstić information content (AvgIpc) is 2.46. The van der Waals surface area contributed by atoms with E-state index in [9.17, 15) is 0 Å². The van der Waals surface area contributed by atoms with Crippen LogP contribution in [0.2, 0.25) is 10.0 Å². The second-order valence-electron chi connectivity index (χ2n) is 5.13. The zero-order chi connectivity index (χ0) is 15.4. The van der Waals surface area contributed by atoms with Crippen LogP contribution in [0.4, 0.5) is 5.69 Å². The molecule has 4 heteroatoms. The van der Waals surface area contributed by atoms with Gasteiger partial charge in [0.05, 0.1) is 16.8 Å². The van der Waals surface area contributed by atoms with E-state index >= 15 is 0 Å². The zero-order valence-corrected chi connectivity index (χ0v) is 13.8. The van der Waals surface area contributed by atoms with E-state index in [0.29, 0.717) is 6.54 Å². The van der Waals surface area contributed by atoms with Gasteiger partial charge in [-0.1, -0.05) is 47.5 Å². The predicted octanol–water partition coefficient (Wildman–Crippen LogP) is 4.69. The van der Waals surface area contributed by atoms with Gasteiger partial charge in [-0.25, -0.2) is 0 Å². The van der Waals surface area contributed by atoms with Gasteiger partial charge in [0.15, 0.2) is 0 Å². The maximum absolute atomic E-state index is 6.41. The summed E-state index contributed by atoms with van der Waals surface area (Å²) in [5.74, 6) is 0. The minimum absolute atomic E-state index is 0.167. The van der Waals surface area contributed by atoms with Crippen LogP contribution in [0.15, 0.2) is 42.5 Å². The average molecular weight is 323 g/mol. The smallest absolute Gasteiger partial charge is 0.0642 e. The first-order chi connectivity index (χ1) is 10.0. The molecule has 2 nitrogen and oxygen atoms in total. The number of halogens is 2. The van der Waals surface area contributed by atoms with Crippen LogP contribution in [0.1, 0.15) is 24.1 Å². The van der Waals surface area contributed by atoms with Gasteiger partial charge in [-0.3, -0.25) is 0 Å². The van der Waals surface area contributed by atoms with Gasteiger partial charge in [-0.05, 0) is 49.2 Å². The molecule has 2 N–H and O–H groups in total.